The van der Waals surface area contributed by atoms with E-state index < -0.39 is 22.5 Å². The Hall–Kier alpha value is -3.92. The Morgan fingerprint density at radius 3 is 1.97 bits per heavy atom. The number of hydrogen-bond donors (Lipinski definition) is 1. The zero-order valence-corrected chi connectivity index (χ0v) is 21.9. The topological polar surface area (TPSA) is 103 Å². The molecule has 36 heavy (non-hydrogen) atoms. The molecule has 0 unspecified atom stereocenters. The van der Waals surface area contributed by atoms with Gasteiger partial charge in [0.15, 0.2) is 11.5 Å². The van der Waals surface area contributed by atoms with Crippen molar-refractivity contribution in [3.8, 4) is 23.0 Å². The van der Waals surface area contributed by atoms with E-state index in [0.29, 0.717) is 17.2 Å². The van der Waals surface area contributed by atoms with Crippen LogP contribution >= 0.6 is 0 Å². The van der Waals surface area contributed by atoms with Crippen molar-refractivity contribution in [2.24, 2.45) is 0 Å². The number of carbonyl (C=O) groups excluding carboxylic acids is 1. The molecule has 0 aromatic heterocycles. The molecule has 0 saturated carbocycles. The van der Waals surface area contributed by atoms with Crippen molar-refractivity contribution >= 4 is 27.3 Å². The highest BCUT2D eigenvalue weighted by molar-refractivity contribution is 7.92. The number of sulfonamides is 1. The number of aryl methyl sites for hydroxylation is 2. The maximum atomic E-state index is 13.9. The van der Waals surface area contributed by atoms with Gasteiger partial charge in [0.05, 0.1) is 39.0 Å². The molecule has 0 aliphatic rings. The van der Waals surface area contributed by atoms with E-state index in [1.54, 1.807) is 12.1 Å². The summed E-state index contributed by atoms with van der Waals surface area (Å²) in [4.78, 5) is 13.0. The molecule has 0 bridgehead atoms. The standard InChI is InChI=1S/C26H30N2O7S/c1-17-11-18(2)13-19(12-17)27-26(29)16-28(22-14-20(32-3)7-9-23(22)33-4)36(30,31)21-8-10-24(34-5)25(15-21)35-6/h7-15H,16H2,1-6H3,(H,27,29). The minimum absolute atomic E-state index is 0.0933. The highest BCUT2D eigenvalue weighted by Gasteiger charge is 2.31. The molecule has 0 heterocycles. The first-order valence-corrected chi connectivity index (χ1v) is 12.4. The van der Waals surface area contributed by atoms with Gasteiger partial charge < -0.3 is 24.3 Å². The zero-order valence-electron chi connectivity index (χ0n) is 21.1. The van der Waals surface area contributed by atoms with Crippen LogP contribution in [0.2, 0.25) is 0 Å². The van der Waals surface area contributed by atoms with E-state index in [4.69, 9.17) is 18.9 Å². The van der Waals surface area contributed by atoms with E-state index >= 15 is 0 Å². The SMILES string of the molecule is COc1ccc(OC)c(N(CC(=O)Nc2cc(C)cc(C)c2)S(=O)(=O)c2ccc(OC)c(OC)c2)c1. The quantitative estimate of drug-likeness (QED) is 0.433. The molecule has 0 aliphatic heterocycles. The average molecular weight is 515 g/mol. The van der Waals surface area contributed by atoms with E-state index in [1.807, 2.05) is 32.0 Å². The fourth-order valence-electron chi connectivity index (χ4n) is 3.77. The number of carbonyl (C=O) groups is 1. The fraction of sp³-hybridized carbons (Fsp3) is 0.269. The molecule has 1 N–H and O–H groups in total. The van der Waals surface area contributed by atoms with Crippen molar-refractivity contribution in [3.63, 3.8) is 0 Å². The van der Waals surface area contributed by atoms with E-state index in [1.165, 1.54) is 52.7 Å². The fourth-order valence-corrected chi connectivity index (χ4v) is 5.21. The Kier molecular flexibility index (Phi) is 8.31. The summed E-state index contributed by atoms with van der Waals surface area (Å²) >= 11 is 0. The van der Waals surface area contributed by atoms with Crippen LogP contribution in [0, 0.1) is 13.8 Å². The number of benzene rings is 3. The number of nitrogens with one attached hydrogen (secondary N) is 1. The highest BCUT2D eigenvalue weighted by Crippen LogP contribution is 2.37. The summed E-state index contributed by atoms with van der Waals surface area (Å²) < 4.78 is 50.1. The first kappa shape index (κ1) is 26.7. The predicted octanol–water partition coefficient (Wildman–Crippen LogP) is 4.17. The lowest BCUT2D eigenvalue weighted by atomic mass is 10.1. The summed E-state index contributed by atoms with van der Waals surface area (Å²) in [6, 6.07) is 14.5. The minimum Gasteiger partial charge on any atom is -0.497 e. The van der Waals surface area contributed by atoms with Crippen LogP contribution in [0.5, 0.6) is 23.0 Å². The van der Waals surface area contributed by atoms with Crippen LogP contribution < -0.4 is 28.6 Å². The van der Waals surface area contributed by atoms with E-state index in [-0.39, 0.29) is 22.1 Å². The third-order valence-corrected chi connectivity index (χ3v) is 7.15. The number of nitrogens with zero attached hydrogens (tertiary/aromatic N) is 1. The second kappa shape index (κ2) is 11.2. The number of amides is 1. The van der Waals surface area contributed by atoms with E-state index in [2.05, 4.69) is 5.32 Å². The van der Waals surface area contributed by atoms with Gasteiger partial charge in [-0.05, 0) is 61.4 Å². The molecule has 10 heteroatoms. The molecule has 3 aromatic rings. The van der Waals surface area contributed by atoms with Crippen molar-refractivity contribution in [3.05, 3.63) is 65.7 Å². The summed E-state index contributed by atoms with van der Waals surface area (Å²) in [5.74, 6) is 0.714. The minimum atomic E-state index is -4.27. The number of rotatable bonds is 10. The molecule has 192 valence electrons. The Labute approximate surface area is 211 Å². The lowest BCUT2D eigenvalue weighted by Crippen LogP contribution is -2.38. The molecule has 9 nitrogen and oxygen atoms in total. The van der Waals surface area contributed by atoms with Crippen molar-refractivity contribution < 1.29 is 32.2 Å². The third kappa shape index (κ3) is 5.83. The second-order valence-corrected chi connectivity index (χ2v) is 9.85. The molecule has 0 fully saturated rings. The van der Waals surface area contributed by atoms with Gasteiger partial charge in [-0.25, -0.2) is 8.42 Å². The van der Waals surface area contributed by atoms with Gasteiger partial charge in [-0.1, -0.05) is 6.07 Å². The highest BCUT2D eigenvalue weighted by atomic mass is 32.2. The predicted molar refractivity (Wildman–Crippen MR) is 138 cm³/mol. The van der Waals surface area contributed by atoms with Crippen LogP contribution in [0.1, 0.15) is 11.1 Å². The average Bonchev–Trinajstić information content (AvgIpc) is 2.85. The molecular weight excluding hydrogens is 484 g/mol. The van der Waals surface area contributed by atoms with Crippen molar-refractivity contribution in [1.82, 2.24) is 0 Å². The van der Waals surface area contributed by atoms with Crippen LogP contribution in [0.3, 0.4) is 0 Å². The molecule has 0 radical (unpaired) electrons. The van der Waals surface area contributed by atoms with Crippen LogP contribution in [-0.2, 0) is 14.8 Å². The molecular formula is C26H30N2O7S. The third-order valence-electron chi connectivity index (χ3n) is 5.39. The first-order valence-electron chi connectivity index (χ1n) is 11.0. The lowest BCUT2D eigenvalue weighted by Gasteiger charge is -2.26. The van der Waals surface area contributed by atoms with Crippen molar-refractivity contribution in [1.29, 1.82) is 0 Å². The largest absolute Gasteiger partial charge is 0.497 e. The molecule has 0 atom stereocenters. The maximum Gasteiger partial charge on any atom is 0.265 e. The Morgan fingerprint density at radius 1 is 0.778 bits per heavy atom. The van der Waals surface area contributed by atoms with E-state index in [9.17, 15) is 13.2 Å². The monoisotopic (exact) mass is 514 g/mol. The van der Waals surface area contributed by atoms with Crippen LogP contribution in [0.25, 0.3) is 0 Å². The van der Waals surface area contributed by atoms with Gasteiger partial charge in [-0.15, -0.1) is 0 Å². The van der Waals surface area contributed by atoms with Gasteiger partial charge >= 0.3 is 0 Å². The van der Waals surface area contributed by atoms with Crippen molar-refractivity contribution in [2.75, 3.05) is 44.6 Å². The molecule has 1 amide bonds. The molecule has 0 saturated heterocycles. The normalized spacial score (nSPS) is 10.9. The molecule has 0 aliphatic carbocycles. The number of hydrogen-bond acceptors (Lipinski definition) is 7. The van der Waals surface area contributed by atoms with Crippen LogP contribution in [0.4, 0.5) is 11.4 Å². The van der Waals surface area contributed by atoms with Gasteiger partial charge in [0.2, 0.25) is 5.91 Å². The maximum absolute atomic E-state index is 13.9. The van der Waals surface area contributed by atoms with Gasteiger partial charge in [-0.2, -0.15) is 0 Å². The summed E-state index contributed by atoms with van der Waals surface area (Å²) in [6.07, 6.45) is 0. The van der Waals surface area contributed by atoms with Gasteiger partial charge in [0, 0.05) is 17.8 Å². The Balaban J connectivity index is 2.10. The Bertz CT molecular complexity index is 1340. The molecule has 3 rings (SSSR count). The number of anilines is 2. The first-order chi connectivity index (χ1) is 17.1. The van der Waals surface area contributed by atoms with Gasteiger partial charge in [0.25, 0.3) is 10.0 Å². The molecule has 0 spiro atoms. The lowest BCUT2D eigenvalue weighted by molar-refractivity contribution is -0.114. The molecule has 3 aromatic carbocycles. The summed E-state index contributed by atoms with van der Waals surface area (Å²) in [7, 11) is 1.48. The summed E-state index contributed by atoms with van der Waals surface area (Å²) in [5, 5.41) is 2.79. The number of ether oxygens (including phenoxy) is 4. The zero-order chi connectivity index (χ0) is 26.5. The van der Waals surface area contributed by atoms with Gasteiger partial charge in [0.1, 0.15) is 18.0 Å². The summed E-state index contributed by atoms with van der Waals surface area (Å²) in [6.45, 7) is 3.31. The van der Waals surface area contributed by atoms with Gasteiger partial charge in [-0.3, -0.25) is 9.10 Å². The number of methoxy groups -OCH3 is 4. The smallest absolute Gasteiger partial charge is 0.265 e. The van der Waals surface area contributed by atoms with Crippen LogP contribution in [-0.4, -0.2) is 49.3 Å². The van der Waals surface area contributed by atoms with E-state index in [0.717, 1.165) is 15.4 Å². The summed E-state index contributed by atoms with van der Waals surface area (Å²) in [5.41, 5.74) is 2.64. The Morgan fingerprint density at radius 2 is 1.39 bits per heavy atom. The van der Waals surface area contributed by atoms with Crippen LogP contribution in [0.15, 0.2) is 59.5 Å². The van der Waals surface area contributed by atoms with Crippen molar-refractivity contribution in [2.45, 2.75) is 18.7 Å². The second-order valence-electron chi connectivity index (χ2n) is 7.99.